The van der Waals surface area contributed by atoms with Gasteiger partial charge in [-0.1, -0.05) is 6.07 Å². The largest absolute Gasteiger partial charge is 0.383 e. The SMILES string of the molecule is COCCNC(=O)c1cccc(-n2cnc3cncnc32)c1C. The van der Waals surface area contributed by atoms with Crippen LogP contribution in [-0.4, -0.2) is 45.7 Å². The lowest BCUT2D eigenvalue weighted by Gasteiger charge is -2.12. The molecule has 118 valence electrons. The summed E-state index contributed by atoms with van der Waals surface area (Å²) in [7, 11) is 1.60. The molecule has 0 aliphatic rings. The van der Waals surface area contributed by atoms with Crippen LogP contribution in [0.3, 0.4) is 0 Å². The number of ether oxygens (including phenoxy) is 1. The smallest absolute Gasteiger partial charge is 0.251 e. The third-order valence-corrected chi connectivity index (χ3v) is 3.61. The minimum absolute atomic E-state index is 0.125. The van der Waals surface area contributed by atoms with Gasteiger partial charge >= 0.3 is 0 Å². The molecule has 0 aliphatic heterocycles. The second-order valence-electron chi connectivity index (χ2n) is 5.04. The third kappa shape index (κ3) is 2.91. The van der Waals surface area contributed by atoms with Crippen molar-refractivity contribution in [3.05, 3.63) is 48.2 Å². The molecule has 0 atom stereocenters. The quantitative estimate of drug-likeness (QED) is 0.722. The predicted molar refractivity (Wildman–Crippen MR) is 85.6 cm³/mol. The molecular weight excluding hydrogens is 294 g/mol. The number of fused-ring (bicyclic) bond motifs is 1. The molecule has 0 saturated carbocycles. The standard InChI is InChI=1S/C16H17N5O2/c1-11-12(16(22)18-6-7-23-2)4-3-5-14(11)21-10-20-13-8-17-9-19-15(13)21/h3-5,8-10H,6-7H2,1-2H3,(H,18,22). The van der Waals surface area contributed by atoms with Crippen molar-refractivity contribution in [1.29, 1.82) is 0 Å². The number of imidazole rings is 1. The number of amides is 1. The molecule has 0 radical (unpaired) electrons. The fraction of sp³-hybridized carbons (Fsp3) is 0.250. The van der Waals surface area contributed by atoms with Crippen molar-refractivity contribution in [2.24, 2.45) is 0 Å². The average molecular weight is 311 g/mol. The first kappa shape index (κ1) is 15.1. The molecule has 2 heterocycles. The Bertz CT molecular complexity index is 843. The van der Waals surface area contributed by atoms with Crippen molar-refractivity contribution in [3.63, 3.8) is 0 Å². The van der Waals surface area contributed by atoms with Crippen LogP contribution in [0, 0.1) is 6.92 Å². The van der Waals surface area contributed by atoms with Crippen molar-refractivity contribution in [3.8, 4) is 5.69 Å². The van der Waals surface area contributed by atoms with Gasteiger partial charge in [0.15, 0.2) is 5.65 Å². The highest BCUT2D eigenvalue weighted by Gasteiger charge is 2.14. The molecule has 7 heteroatoms. The zero-order valence-electron chi connectivity index (χ0n) is 13.0. The fourth-order valence-corrected chi connectivity index (χ4v) is 2.44. The van der Waals surface area contributed by atoms with Crippen LogP contribution in [-0.2, 0) is 4.74 Å². The van der Waals surface area contributed by atoms with E-state index in [-0.39, 0.29) is 5.91 Å². The molecule has 2 aromatic heterocycles. The molecule has 0 spiro atoms. The van der Waals surface area contributed by atoms with E-state index in [4.69, 9.17) is 4.74 Å². The van der Waals surface area contributed by atoms with Crippen LogP contribution in [0.25, 0.3) is 16.9 Å². The Labute approximate surface area is 133 Å². The average Bonchev–Trinajstić information content (AvgIpc) is 2.99. The molecule has 7 nitrogen and oxygen atoms in total. The first-order valence-corrected chi connectivity index (χ1v) is 7.22. The van der Waals surface area contributed by atoms with E-state index in [9.17, 15) is 4.79 Å². The molecule has 23 heavy (non-hydrogen) atoms. The van der Waals surface area contributed by atoms with Crippen molar-refractivity contribution in [1.82, 2.24) is 24.8 Å². The summed E-state index contributed by atoms with van der Waals surface area (Å²) in [5.74, 6) is -0.125. The highest BCUT2D eigenvalue weighted by Crippen LogP contribution is 2.21. The van der Waals surface area contributed by atoms with Crippen LogP contribution < -0.4 is 5.32 Å². The van der Waals surface area contributed by atoms with Gasteiger partial charge in [-0.2, -0.15) is 0 Å². The highest BCUT2D eigenvalue weighted by atomic mass is 16.5. The van der Waals surface area contributed by atoms with Crippen molar-refractivity contribution >= 4 is 17.1 Å². The number of nitrogens with zero attached hydrogens (tertiary/aromatic N) is 4. The molecule has 1 aromatic carbocycles. The topological polar surface area (TPSA) is 81.9 Å². The number of hydrogen-bond donors (Lipinski definition) is 1. The van der Waals surface area contributed by atoms with E-state index >= 15 is 0 Å². The number of rotatable bonds is 5. The Hall–Kier alpha value is -2.80. The number of methoxy groups -OCH3 is 1. The second kappa shape index (κ2) is 6.53. The Kier molecular flexibility index (Phi) is 4.29. The van der Waals surface area contributed by atoms with E-state index in [2.05, 4.69) is 20.3 Å². The van der Waals surface area contributed by atoms with Gasteiger partial charge in [-0.3, -0.25) is 9.36 Å². The minimum atomic E-state index is -0.125. The summed E-state index contributed by atoms with van der Waals surface area (Å²) >= 11 is 0. The number of carbonyl (C=O) groups is 1. The molecule has 0 fully saturated rings. The summed E-state index contributed by atoms with van der Waals surface area (Å²) < 4.78 is 6.81. The summed E-state index contributed by atoms with van der Waals surface area (Å²) in [5.41, 5.74) is 3.77. The van der Waals surface area contributed by atoms with E-state index < -0.39 is 0 Å². The first-order valence-electron chi connectivity index (χ1n) is 7.22. The van der Waals surface area contributed by atoms with Gasteiger partial charge in [-0.15, -0.1) is 0 Å². The van der Waals surface area contributed by atoms with E-state index in [1.54, 1.807) is 25.7 Å². The lowest BCUT2D eigenvalue weighted by molar-refractivity contribution is 0.0936. The minimum Gasteiger partial charge on any atom is -0.383 e. The molecule has 1 amide bonds. The number of benzene rings is 1. The number of nitrogens with one attached hydrogen (secondary N) is 1. The Morgan fingerprint density at radius 1 is 1.35 bits per heavy atom. The lowest BCUT2D eigenvalue weighted by Crippen LogP contribution is -2.27. The van der Waals surface area contributed by atoms with Gasteiger partial charge in [0.2, 0.25) is 0 Å². The van der Waals surface area contributed by atoms with Crippen molar-refractivity contribution in [2.75, 3.05) is 20.3 Å². The van der Waals surface area contributed by atoms with E-state index in [0.717, 1.165) is 11.3 Å². The van der Waals surface area contributed by atoms with Gasteiger partial charge in [0.1, 0.15) is 18.2 Å². The first-order chi connectivity index (χ1) is 11.2. The summed E-state index contributed by atoms with van der Waals surface area (Å²) in [6.45, 7) is 2.86. The molecule has 0 saturated heterocycles. The highest BCUT2D eigenvalue weighted by molar-refractivity contribution is 5.96. The molecule has 0 aliphatic carbocycles. The zero-order chi connectivity index (χ0) is 16.2. The third-order valence-electron chi connectivity index (χ3n) is 3.61. The molecule has 0 unspecified atom stereocenters. The van der Waals surface area contributed by atoms with Gasteiger partial charge in [-0.05, 0) is 24.6 Å². The van der Waals surface area contributed by atoms with Crippen molar-refractivity contribution < 1.29 is 9.53 Å². The van der Waals surface area contributed by atoms with Crippen LogP contribution in [0.5, 0.6) is 0 Å². The summed E-state index contributed by atoms with van der Waals surface area (Å²) in [6, 6.07) is 5.58. The Balaban J connectivity index is 1.98. The lowest BCUT2D eigenvalue weighted by atomic mass is 10.1. The maximum Gasteiger partial charge on any atom is 0.251 e. The second-order valence-corrected chi connectivity index (χ2v) is 5.04. The summed E-state index contributed by atoms with van der Waals surface area (Å²) in [4.78, 5) is 24.8. The van der Waals surface area contributed by atoms with E-state index in [0.29, 0.717) is 29.9 Å². The summed E-state index contributed by atoms with van der Waals surface area (Å²) in [5, 5.41) is 2.84. The Morgan fingerprint density at radius 2 is 2.22 bits per heavy atom. The van der Waals surface area contributed by atoms with Gasteiger partial charge in [0.25, 0.3) is 5.91 Å². The number of carbonyl (C=O) groups excluding carboxylic acids is 1. The normalized spacial score (nSPS) is 10.9. The molecule has 0 bridgehead atoms. The van der Waals surface area contributed by atoms with E-state index in [1.165, 1.54) is 6.33 Å². The molecule has 3 rings (SSSR count). The van der Waals surface area contributed by atoms with Gasteiger partial charge in [0.05, 0.1) is 18.5 Å². The molecule has 1 N–H and O–H groups in total. The van der Waals surface area contributed by atoms with Crippen LogP contribution in [0.2, 0.25) is 0 Å². The molecular formula is C16H17N5O2. The van der Waals surface area contributed by atoms with Crippen LogP contribution >= 0.6 is 0 Å². The van der Waals surface area contributed by atoms with Crippen LogP contribution in [0.4, 0.5) is 0 Å². The Morgan fingerprint density at radius 3 is 3.04 bits per heavy atom. The number of aromatic nitrogens is 4. The predicted octanol–water partition coefficient (Wildman–Crippen LogP) is 1.50. The van der Waals surface area contributed by atoms with Gasteiger partial charge in [0, 0.05) is 19.2 Å². The monoisotopic (exact) mass is 311 g/mol. The molecule has 3 aromatic rings. The van der Waals surface area contributed by atoms with Crippen molar-refractivity contribution in [2.45, 2.75) is 6.92 Å². The zero-order valence-corrected chi connectivity index (χ0v) is 13.0. The fourth-order valence-electron chi connectivity index (χ4n) is 2.44. The summed E-state index contributed by atoms with van der Waals surface area (Å²) in [6.07, 6.45) is 4.83. The van der Waals surface area contributed by atoms with Gasteiger partial charge in [-0.25, -0.2) is 15.0 Å². The number of hydrogen-bond acceptors (Lipinski definition) is 5. The maximum atomic E-state index is 12.3. The van der Waals surface area contributed by atoms with Crippen LogP contribution in [0.15, 0.2) is 37.1 Å². The van der Waals surface area contributed by atoms with Crippen LogP contribution in [0.1, 0.15) is 15.9 Å². The maximum absolute atomic E-state index is 12.3. The van der Waals surface area contributed by atoms with E-state index in [1.807, 2.05) is 23.6 Å². The van der Waals surface area contributed by atoms with Gasteiger partial charge < -0.3 is 10.1 Å².